The van der Waals surface area contributed by atoms with Gasteiger partial charge < -0.3 is 20.8 Å². The molecule has 2 amide bonds. The number of pyridine rings is 1. The lowest BCUT2D eigenvalue weighted by Crippen LogP contribution is -2.21. The SMILES string of the molecule is NC(=O)c1nn(-c2ccccc2)cc1NC(=O)c1coc(-c2ccnc(NCC(F)(F)F)c2)n1. The number of amides is 2. The highest BCUT2D eigenvalue weighted by Gasteiger charge is 2.27. The predicted molar refractivity (Wildman–Crippen MR) is 114 cm³/mol. The molecule has 3 heterocycles. The van der Waals surface area contributed by atoms with Gasteiger partial charge in [0.1, 0.15) is 18.6 Å². The van der Waals surface area contributed by atoms with Crippen molar-refractivity contribution in [3.05, 3.63) is 72.5 Å². The number of primary amides is 1. The number of nitrogens with zero attached hydrogens (tertiary/aromatic N) is 4. The first-order valence-corrected chi connectivity index (χ1v) is 9.68. The Morgan fingerprint density at radius 3 is 2.62 bits per heavy atom. The third kappa shape index (κ3) is 5.20. The number of oxazole rings is 1. The summed E-state index contributed by atoms with van der Waals surface area (Å²) >= 11 is 0. The number of rotatable bonds is 7. The number of carbonyl (C=O) groups is 2. The molecule has 0 unspecified atom stereocenters. The van der Waals surface area contributed by atoms with Gasteiger partial charge in [-0.2, -0.15) is 18.3 Å². The molecule has 0 fully saturated rings. The zero-order valence-corrected chi connectivity index (χ0v) is 17.2. The number of halogens is 3. The zero-order chi connectivity index (χ0) is 24.3. The van der Waals surface area contributed by atoms with E-state index in [0.717, 1.165) is 6.26 Å². The number of para-hydroxylation sites is 1. The summed E-state index contributed by atoms with van der Waals surface area (Å²) < 4.78 is 43.9. The standard InChI is InChI=1S/C21H16F3N7O3/c22-21(23,24)11-27-16-8-12(6-7-26-16)20-29-15(10-34-20)19(33)28-14-9-31(30-17(14)18(25)32)13-4-2-1-3-5-13/h1-10H,11H2,(H2,25,32)(H,26,27)(H,28,33). The first kappa shape index (κ1) is 22.5. The molecule has 4 rings (SSSR count). The van der Waals surface area contributed by atoms with Gasteiger partial charge in [0, 0.05) is 11.8 Å². The lowest BCUT2D eigenvalue weighted by molar-refractivity contribution is -0.115. The summed E-state index contributed by atoms with van der Waals surface area (Å²) in [5.41, 5.74) is 6.09. The molecule has 13 heteroatoms. The minimum absolute atomic E-state index is 0.0160. The van der Waals surface area contributed by atoms with Gasteiger partial charge in [0.05, 0.1) is 17.6 Å². The fourth-order valence-electron chi connectivity index (χ4n) is 2.91. The first-order chi connectivity index (χ1) is 16.2. The molecule has 4 aromatic rings. The second-order valence-electron chi connectivity index (χ2n) is 6.93. The van der Waals surface area contributed by atoms with Crippen molar-refractivity contribution in [2.45, 2.75) is 6.18 Å². The summed E-state index contributed by atoms with van der Waals surface area (Å²) in [6.07, 6.45) is -0.645. The number of aromatic nitrogens is 4. The van der Waals surface area contributed by atoms with Crippen molar-refractivity contribution in [3.8, 4) is 17.1 Å². The van der Waals surface area contributed by atoms with E-state index in [1.165, 1.54) is 29.2 Å². The highest BCUT2D eigenvalue weighted by molar-refractivity contribution is 6.07. The van der Waals surface area contributed by atoms with Crippen LogP contribution < -0.4 is 16.4 Å². The molecular formula is C21H16F3N7O3. The van der Waals surface area contributed by atoms with Crippen LogP contribution in [0.3, 0.4) is 0 Å². The molecule has 4 N–H and O–H groups in total. The van der Waals surface area contributed by atoms with E-state index in [2.05, 4.69) is 25.7 Å². The highest BCUT2D eigenvalue weighted by atomic mass is 19.4. The second-order valence-corrected chi connectivity index (χ2v) is 6.93. The van der Waals surface area contributed by atoms with Gasteiger partial charge in [-0.15, -0.1) is 0 Å². The van der Waals surface area contributed by atoms with Crippen LogP contribution in [0.25, 0.3) is 17.1 Å². The molecular weight excluding hydrogens is 455 g/mol. The van der Waals surface area contributed by atoms with Crippen LogP contribution in [0.5, 0.6) is 0 Å². The normalized spacial score (nSPS) is 11.3. The second kappa shape index (κ2) is 9.05. The van der Waals surface area contributed by atoms with Crippen molar-refractivity contribution in [2.75, 3.05) is 17.2 Å². The van der Waals surface area contributed by atoms with E-state index in [-0.39, 0.29) is 28.8 Å². The number of benzene rings is 1. The third-order valence-corrected chi connectivity index (χ3v) is 4.43. The maximum atomic E-state index is 12.7. The quantitative estimate of drug-likeness (QED) is 0.376. The summed E-state index contributed by atoms with van der Waals surface area (Å²) in [5, 5.41) is 8.78. The van der Waals surface area contributed by atoms with E-state index in [1.54, 1.807) is 24.3 Å². The van der Waals surface area contributed by atoms with E-state index >= 15 is 0 Å². The highest BCUT2D eigenvalue weighted by Crippen LogP contribution is 2.23. The van der Waals surface area contributed by atoms with Crippen LogP contribution in [0.1, 0.15) is 21.0 Å². The fourth-order valence-corrected chi connectivity index (χ4v) is 2.91. The summed E-state index contributed by atoms with van der Waals surface area (Å²) in [6.45, 7) is -1.26. The van der Waals surface area contributed by atoms with E-state index in [1.807, 2.05) is 6.07 Å². The van der Waals surface area contributed by atoms with Crippen LogP contribution in [0.15, 0.2) is 65.5 Å². The Hall–Kier alpha value is -4.68. The lowest BCUT2D eigenvalue weighted by atomic mass is 10.2. The van der Waals surface area contributed by atoms with E-state index < -0.39 is 24.5 Å². The zero-order valence-electron chi connectivity index (χ0n) is 17.2. The lowest BCUT2D eigenvalue weighted by Gasteiger charge is -2.08. The molecule has 34 heavy (non-hydrogen) atoms. The van der Waals surface area contributed by atoms with E-state index in [9.17, 15) is 22.8 Å². The number of hydrogen-bond donors (Lipinski definition) is 3. The van der Waals surface area contributed by atoms with Crippen LogP contribution in [0.4, 0.5) is 24.7 Å². The van der Waals surface area contributed by atoms with Gasteiger partial charge in [0.2, 0.25) is 5.89 Å². The number of hydrogen-bond acceptors (Lipinski definition) is 7. The Kier molecular flexibility index (Phi) is 5.99. The van der Waals surface area contributed by atoms with Crippen molar-refractivity contribution < 1.29 is 27.2 Å². The van der Waals surface area contributed by atoms with Gasteiger partial charge in [-0.05, 0) is 24.3 Å². The first-order valence-electron chi connectivity index (χ1n) is 9.68. The van der Waals surface area contributed by atoms with Gasteiger partial charge in [-0.25, -0.2) is 14.6 Å². The summed E-state index contributed by atoms with van der Waals surface area (Å²) in [7, 11) is 0. The van der Waals surface area contributed by atoms with Crippen LogP contribution >= 0.6 is 0 Å². The molecule has 0 spiro atoms. The number of nitrogens with one attached hydrogen (secondary N) is 2. The fraction of sp³-hybridized carbons (Fsp3) is 0.0952. The third-order valence-electron chi connectivity index (χ3n) is 4.43. The van der Waals surface area contributed by atoms with Gasteiger partial charge in [0.15, 0.2) is 11.4 Å². The van der Waals surface area contributed by atoms with Crippen molar-refractivity contribution in [3.63, 3.8) is 0 Å². The monoisotopic (exact) mass is 471 g/mol. The minimum atomic E-state index is -4.41. The smallest absolute Gasteiger partial charge is 0.405 e. The van der Waals surface area contributed by atoms with Gasteiger partial charge in [-0.3, -0.25) is 9.59 Å². The summed E-state index contributed by atoms with van der Waals surface area (Å²) in [4.78, 5) is 32.4. The average molecular weight is 471 g/mol. The minimum Gasteiger partial charge on any atom is -0.444 e. The van der Waals surface area contributed by atoms with Gasteiger partial charge in [-0.1, -0.05) is 18.2 Å². The maximum absolute atomic E-state index is 12.7. The topological polar surface area (TPSA) is 141 Å². The molecule has 10 nitrogen and oxygen atoms in total. The Labute approximate surface area is 189 Å². The van der Waals surface area contributed by atoms with Crippen LogP contribution in [-0.2, 0) is 0 Å². The van der Waals surface area contributed by atoms with Crippen molar-refractivity contribution in [1.82, 2.24) is 19.7 Å². The van der Waals surface area contributed by atoms with Gasteiger partial charge >= 0.3 is 6.18 Å². The molecule has 3 aromatic heterocycles. The van der Waals surface area contributed by atoms with E-state index in [0.29, 0.717) is 11.3 Å². The van der Waals surface area contributed by atoms with E-state index in [4.69, 9.17) is 10.2 Å². The molecule has 1 aromatic carbocycles. The Balaban J connectivity index is 1.52. The van der Waals surface area contributed by atoms with Crippen molar-refractivity contribution in [1.29, 1.82) is 0 Å². The predicted octanol–water partition coefficient (Wildman–Crippen LogP) is 3.25. The number of alkyl halides is 3. The Morgan fingerprint density at radius 1 is 1.15 bits per heavy atom. The summed E-state index contributed by atoms with van der Waals surface area (Å²) in [6, 6.07) is 11.6. The Bertz CT molecular complexity index is 1330. The average Bonchev–Trinajstić information content (AvgIpc) is 3.46. The molecule has 0 bridgehead atoms. The molecule has 0 saturated carbocycles. The van der Waals surface area contributed by atoms with Crippen LogP contribution in [-0.4, -0.2) is 44.3 Å². The van der Waals surface area contributed by atoms with Gasteiger partial charge in [0.25, 0.3) is 11.8 Å². The molecule has 174 valence electrons. The number of carbonyl (C=O) groups excluding carboxylic acids is 2. The van der Waals surface area contributed by atoms with Crippen LogP contribution in [0, 0.1) is 0 Å². The van der Waals surface area contributed by atoms with Crippen molar-refractivity contribution >= 4 is 23.3 Å². The number of anilines is 2. The summed E-state index contributed by atoms with van der Waals surface area (Å²) in [5.74, 6) is -1.62. The molecule has 0 radical (unpaired) electrons. The Morgan fingerprint density at radius 2 is 1.91 bits per heavy atom. The molecule has 0 saturated heterocycles. The van der Waals surface area contributed by atoms with Crippen LogP contribution in [0.2, 0.25) is 0 Å². The van der Waals surface area contributed by atoms with Crippen molar-refractivity contribution in [2.24, 2.45) is 5.73 Å². The molecule has 0 aliphatic rings. The molecule has 0 aliphatic carbocycles. The maximum Gasteiger partial charge on any atom is 0.405 e. The number of nitrogens with two attached hydrogens (primary N) is 1. The largest absolute Gasteiger partial charge is 0.444 e. The molecule has 0 aliphatic heterocycles. The molecule has 0 atom stereocenters.